The summed E-state index contributed by atoms with van der Waals surface area (Å²) >= 11 is 0. The minimum Gasteiger partial charge on any atom is -0.497 e. The summed E-state index contributed by atoms with van der Waals surface area (Å²) in [6, 6.07) is 5.44. The number of hydrogen-bond acceptors (Lipinski definition) is 5. The number of benzene rings is 1. The second kappa shape index (κ2) is 7.99. The van der Waals surface area contributed by atoms with Crippen molar-refractivity contribution in [3.63, 3.8) is 0 Å². The van der Waals surface area contributed by atoms with Crippen LogP contribution in [0.4, 0.5) is 0 Å². The summed E-state index contributed by atoms with van der Waals surface area (Å²) in [4.78, 5) is 0. The van der Waals surface area contributed by atoms with E-state index in [-0.39, 0.29) is 19.3 Å². The van der Waals surface area contributed by atoms with E-state index < -0.39 is 6.10 Å². The molecule has 0 aromatic heterocycles. The molecular weight excluding hydrogens is 246 g/mol. The van der Waals surface area contributed by atoms with E-state index in [4.69, 9.17) is 19.9 Å². The van der Waals surface area contributed by atoms with Gasteiger partial charge in [-0.05, 0) is 31.5 Å². The number of hydrogen-bond donors (Lipinski definition) is 2. The summed E-state index contributed by atoms with van der Waals surface area (Å²) in [5.41, 5.74) is 6.52. The number of ether oxygens (including phenoxy) is 3. The summed E-state index contributed by atoms with van der Waals surface area (Å²) < 4.78 is 16.0. The molecule has 0 spiro atoms. The van der Waals surface area contributed by atoms with E-state index in [1.807, 2.05) is 26.0 Å². The minimum absolute atomic E-state index is 0.0929. The Morgan fingerprint density at radius 3 is 2.42 bits per heavy atom. The molecule has 0 amide bonds. The van der Waals surface area contributed by atoms with Gasteiger partial charge in [-0.15, -0.1) is 0 Å². The average molecular weight is 269 g/mol. The topological polar surface area (TPSA) is 73.9 Å². The fraction of sp³-hybridized carbons (Fsp3) is 0.571. The van der Waals surface area contributed by atoms with Crippen LogP contribution in [0.15, 0.2) is 18.2 Å². The number of nitrogens with two attached hydrogens (primary N) is 1. The van der Waals surface area contributed by atoms with Crippen LogP contribution in [0.25, 0.3) is 0 Å². The first-order valence-corrected chi connectivity index (χ1v) is 6.35. The molecule has 3 N–H and O–H groups in total. The van der Waals surface area contributed by atoms with Gasteiger partial charge in [0.05, 0.1) is 19.8 Å². The normalized spacial score (nSPS) is 12.5. The number of methoxy groups -OCH3 is 1. The van der Waals surface area contributed by atoms with Crippen LogP contribution in [0.1, 0.15) is 19.4 Å². The molecule has 5 nitrogen and oxygen atoms in total. The Kier molecular flexibility index (Phi) is 6.62. The van der Waals surface area contributed by atoms with Crippen LogP contribution in [0, 0.1) is 0 Å². The highest BCUT2D eigenvalue weighted by Gasteiger charge is 2.08. The standard InChI is InChI=1S/C14H23NO4/c1-10(2)18-8-12(16)9-19-14-5-11(7-15)4-13(6-14)17-3/h4-6,10,12,16H,7-9,15H2,1-3H3. The van der Waals surface area contributed by atoms with Crippen LogP contribution in [-0.2, 0) is 11.3 Å². The SMILES string of the molecule is COc1cc(CN)cc(OCC(O)COC(C)C)c1. The van der Waals surface area contributed by atoms with Gasteiger partial charge in [-0.2, -0.15) is 0 Å². The smallest absolute Gasteiger partial charge is 0.123 e. The quantitative estimate of drug-likeness (QED) is 0.744. The third-order valence-corrected chi connectivity index (χ3v) is 2.48. The second-order valence-corrected chi connectivity index (χ2v) is 4.57. The van der Waals surface area contributed by atoms with Gasteiger partial charge in [0, 0.05) is 12.6 Å². The van der Waals surface area contributed by atoms with Crippen molar-refractivity contribution >= 4 is 0 Å². The first-order chi connectivity index (χ1) is 9.05. The van der Waals surface area contributed by atoms with E-state index in [0.29, 0.717) is 18.0 Å². The minimum atomic E-state index is -0.657. The second-order valence-electron chi connectivity index (χ2n) is 4.57. The van der Waals surface area contributed by atoms with E-state index in [0.717, 1.165) is 5.56 Å². The summed E-state index contributed by atoms with van der Waals surface area (Å²) in [6.07, 6.45) is -0.565. The Hall–Kier alpha value is -1.30. The molecule has 1 rings (SSSR count). The van der Waals surface area contributed by atoms with Crippen molar-refractivity contribution in [2.75, 3.05) is 20.3 Å². The Labute approximate surface area is 114 Å². The highest BCUT2D eigenvalue weighted by Crippen LogP contribution is 2.22. The third kappa shape index (κ3) is 5.92. The molecule has 0 heterocycles. The predicted octanol–water partition coefficient (Wildman–Crippen LogP) is 1.32. The molecule has 1 aromatic rings. The summed E-state index contributed by atoms with van der Waals surface area (Å²) in [7, 11) is 1.59. The Morgan fingerprint density at radius 2 is 1.84 bits per heavy atom. The van der Waals surface area contributed by atoms with Crippen LogP contribution < -0.4 is 15.2 Å². The maximum atomic E-state index is 9.71. The number of aliphatic hydroxyl groups is 1. The first kappa shape index (κ1) is 15.8. The highest BCUT2D eigenvalue weighted by atomic mass is 16.5. The van der Waals surface area contributed by atoms with Crippen molar-refractivity contribution in [2.45, 2.75) is 32.6 Å². The zero-order chi connectivity index (χ0) is 14.3. The van der Waals surface area contributed by atoms with Gasteiger partial charge in [0.15, 0.2) is 0 Å². The molecule has 0 aliphatic heterocycles. The van der Waals surface area contributed by atoms with E-state index in [2.05, 4.69) is 0 Å². The molecule has 0 bridgehead atoms. The van der Waals surface area contributed by atoms with Crippen molar-refractivity contribution in [3.8, 4) is 11.5 Å². The van der Waals surface area contributed by atoms with Crippen molar-refractivity contribution in [3.05, 3.63) is 23.8 Å². The monoisotopic (exact) mass is 269 g/mol. The van der Waals surface area contributed by atoms with E-state index >= 15 is 0 Å². The van der Waals surface area contributed by atoms with Crippen LogP contribution in [0.2, 0.25) is 0 Å². The fourth-order valence-electron chi connectivity index (χ4n) is 1.49. The highest BCUT2D eigenvalue weighted by molar-refractivity contribution is 5.38. The molecule has 0 saturated carbocycles. The Morgan fingerprint density at radius 1 is 1.16 bits per heavy atom. The summed E-state index contributed by atoms with van der Waals surface area (Å²) in [6.45, 7) is 4.67. The zero-order valence-electron chi connectivity index (χ0n) is 11.8. The summed E-state index contributed by atoms with van der Waals surface area (Å²) in [5, 5.41) is 9.71. The first-order valence-electron chi connectivity index (χ1n) is 6.35. The number of rotatable bonds is 8. The third-order valence-electron chi connectivity index (χ3n) is 2.48. The molecular formula is C14H23NO4. The fourth-order valence-corrected chi connectivity index (χ4v) is 1.49. The maximum absolute atomic E-state index is 9.71. The van der Waals surface area contributed by atoms with E-state index in [1.165, 1.54) is 0 Å². The zero-order valence-corrected chi connectivity index (χ0v) is 11.8. The lowest BCUT2D eigenvalue weighted by molar-refractivity contribution is -0.0123. The van der Waals surface area contributed by atoms with Gasteiger partial charge in [-0.3, -0.25) is 0 Å². The Bertz CT molecular complexity index is 359. The Balaban J connectivity index is 2.52. The molecule has 0 aliphatic rings. The maximum Gasteiger partial charge on any atom is 0.123 e. The van der Waals surface area contributed by atoms with Gasteiger partial charge in [-0.1, -0.05) is 0 Å². The van der Waals surface area contributed by atoms with Gasteiger partial charge in [0.2, 0.25) is 0 Å². The lowest BCUT2D eigenvalue weighted by Crippen LogP contribution is -2.25. The molecule has 0 aliphatic carbocycles. The van der Waals surface area contributed by atoms with Gasteiger partial charge in [-0.25, -0.2) is 0 Å². The van der Waals surface area contributed by atoms with Crippen LogP contribution in [0.5, 0.6) is 11.5 Å². The number of aliphatic hydroxyl groups excluding tert-OH is 1. The molecule has 1 aromatic carbocycles. The van der Waals surface area contributed by atoms with Gasteiger partial charge >= 0.3 is 0 Å². The van der Waals surface area contributed by atoms with Crippen molar-refractivity contribution < 1.29 is 19.3 Å². The van der Waals surface area contributed by atoms with Crippen molar-refractivity contribution in [2.24, 2.45) is 5.73 Å². The van der Waals surface area contributed by atoms with Crippen LogP contribution >= 0.6 is 0 Å². The van der Waals surface area contributed by atoms with E-state index in [1.54, 1.807) is 13.2 Å². The van der Waals surface area contributed by atoms with Gasteiger partial charge < -0.3 is 25.1 Å². The molecule has 0 radical (unpaired) electrons. The molecule has 1 unspecified atom stereocenters. The van der Waals surface area contributed by atoms with Gasteiger partial charge in [0.1, 0.15) is 24.2 Å². The van der Waals surface area contributed by atoms with Gasteiger partial charge in [0.25, 0.3) is 0 Å². The van der Waals surface area contributed by atoms with Crippen molar-refractivity contribution in [1.29, 1.82) is 0 Å². The molecule has 5 heteroatoms. The van der Waals surface area contributed by atoms with E-state index in [9.17, 15) is 5.11 Å². The predicted molar refractivity (Wildman–Crippen MR) is 73.5 cm³/mol. The molecule has 19 heavy (non-hydrogen) atoms. The van der Waals surface area contributed by atoms with Crippen LogP contribution in [-0.4, -0.2) is 37.6 Å². The average Bonchev–Trinajstić information content (AvgIpc) is 2.42. The van der Waals surface area contributed by atoms with Crippen molar-refractivity contribution in [1.82, 2.24) is 0 Å². The summed E-state index contributed by atoms with van der Waals surface area (Å²) in [5.74, 6) is 1.31. The lowest BCUT2D eigenvalue weighted by Gasteiger charge is -2.15. The molecule has 0 fully saturated rings. The largest absolute Gasteiger partial charge is 0.497 e. The molecule has 108 valence electrons. The lowest BCUT2D eigenvalue weighted by atomic mass is 10.2. The van der Waals surface area contributed by atoms with Crippen LogP contribution in [0.3, 0.4) is 0 Å². The molecule has 0 saturated heterocycles. The molecule has 1 atom stereocenters.